The number of carbonyl (C=O) groups excluding carboxylic acids is 2. The van der Waals surface area contributed by atoms with Gasteiger partial charge in [0.25, 0.3) is 0 Å². The fourth-order valence-electron chi connectivity index (χ4n) is 2.59. The van der Waals surface area contributed by atoms with Crippen molar-refractivity contribution in [2.75, 3.05) is 19.7 Å². The lowest BCUT2D eigenvalue weighted by Crippen LogP contribution is -2.37. The predicted molar refractivity (Wildman–Crippen MR) is 67.2 cm³/mol. The Labute approximate surface area is 108 Å². The van der Waals surface area contributed by atoms with Gasteiger partial charge in [0, 0.05) is 19.0 Å². The molecule has 1 aliphatic carbocycles. The Balaban J connectivity index is 1.66. The van der Waals surface area contributed by atoms with Gasteiger partial charge < -0.3 is 15.0 Å². The first-order chi connectivity index (χ1) is 8.75. The molecule has 0 aromatic heterocycles. The van der Waals surface area contributed by atoms with Crippen molar-refractivity contribution in [3.8, 4) is 0 Å². The lowest BCUT2D eigenvalue weighted by atomic mass is 10.1. The van der Waals surface area contributed by atoms with Gasteiger partial charge in [0.1, 0.15) is 6.61 Å². The molecule has 102 valence electrons. The summed E-state index contributed by atoms with van der Waals surface area (Å²) in [6, 6.07) is 0.338. The Morgan fingerprint density at radius 1 is 1.28 bits per heavy atom. The van der Waals surface area contributed by atoms with Crippen LogP contribution in [0.3, 0.4) is 0 Å². The van der Waals surface area contributed by atoms with E-state index in [4.69, 9.17) is 4.74 Å². The molecule has 2 aliphatic rings. The third kappa shape index (κ3) is 3.89. The summed E-state index contributed by atoms with van der Waals surface area (Å²) in [7, 11) is 0. The molecule has 0 bridgehead atoms. The molecular weight excluding hydrogens is 232 g/mol. The molecule has 1 heterocycles. The summed E-state index contributed by atoms with van der Waals surface area (Å²) in [5, 5.41) is 3.08. The van der Waals surface area contributed by atoms with Gasteiger partial charge in [-0.3, -0.25) is 4.79 Å². The van der Waals surface area contributed by atoms with Crippen LogP contribution in [0.5, 0.6) is 0 Å². The molecule has 1 saturated carbocycles. The normalized spacial score (nSPS) is 21.6. The molecule has 0 unspecified atom stereocenters. The smallest absolute Gasteiger partial charge is 0.409 e. The van der Waals surface area contributed by atoms with Crippen LogP contribution >= 0.6 is 0 Å². The highest BCUT2D eigenvalue weighted by Crippen LogP contribution is 2.17. The van der Waals surface area contributed by atoms with Crippen molar-refractivity contribution >= 4 is 12.0 Å². The standard InChI is InChI=1S/C13H22N2O3/c16-12(7-8-15-9-10-18-13(15)17)14-11-5-3-1-2-4-6-11/h11H,1-10H2,(H,14,16). The van der Waals surface area contributed by atoms with E-state index in [1.165, 1.54) is 25.7 Å². The van der Waals surface area contributed by atoms with E-state index >= 15 is 0 Å². The van der Waals surface area contributed by atoms with Crippen LogP contribution in [0.1, 0.15) is 44.9 Å². The summed E-state index contributed by atoms with van der Waals surface area (Å²) in [6.07, 6.45) is 7.27. The largest absolute Gasteiger partial charge is 0.448 e. The zero-order chi connectivity index (χ0) is 12.8. The second-order valence-corrected chi connectivity index (χ2v) is 5.11. The van der Waals surface area contributed by atoms with Crippen LogP contribution in [-0.4, -0.2) is 42.6 Å². The van der Waals surface area contributed by atoms with Crippen molar-refractivity contribution in [1.29, 1.82) is 0 Å². The van der Waals surface area contributed by atoms with E-state index < -0.39 is 0 Å². The second-order valence-electron chi connectivity index (χ2n) is 5.11. The third-order valence-corrected chi connectivity index (χ3v) is 3.67. The van der Waals surface area contributed by atoms with Gasteiger partial charge >= 0.3 is 6.09 Å². The van der Waals surface area contributed by atoms with Gasteiger partial charge in [0.05, 0.1) is 6.54 Å². The van der Waals surface area contributed by atoms with Crippen LogP contribution in [0, 0.1) is 0 Å². The monoisotopic (exact) mass is 254 g/mol. The van der Waals surface area contributed by atoms with Crippen molar-refractivity contribution in [2.24, 2.45) is 0 Å². The van der Waals surface area contributed by atoms with E-state index in [9.17, 15) is 9.59 Å². The van der Waals surface area contributed by atoms with E-state index in [1.807, 2.05) is 0 Å². The minimum absolute atomic E-state index is 0.0570. The fourth-order valence-corrected chi connectivity index (χ4v) is 2.59. The molecule has 2 rings (SSSR count). The minimum Gasteiger partial charge on any atom is -0.448 e. The molecule has 5 heteroatoms. The molecule has 0 spiro atoms. The summed E-state index contributed by atoms with van der Waals surface area (Å²) in [5.74, 6) is 0.0570. The van der Waals surface area contributed by atoms with Gasteiger partial charge in [-0.25, -0.2) is 4.79 Å². The topological polar surface area (TPSA) is 58.6 Å². The first-order valence-corrected chi connectivity index (χ1v) is 6.97. The Morgan fingerprint density at radius 3 is 2.61 bits per heavy atom. The van der Waals surface area contributed by atoms with Gasteiger partial charge in [0.2, 0.25) is 5.91 Å². The molecule has 1 N–H and O–H groups in total. The second kappa shape index (κ2) is 6.61. The molecular formula is C13H22N2O3. The number of nitrogens with one attached hydrogen (secondary N) is 1. The maximum Gasteiger partial charge on any atom is 0.409 e. The van der Waals surface area contributed by atoms with Gasteiger partial charge in [-0.05, 0) is 12.8 Å². The first-order valence-electron chi connectivity index (χ1n) is 6.97. The molecule has 2 fully saturated rings. The number of cyclic esters (lactones) is 1. The minimum atomic E-state index is -0.294. The number of carbonyl (C=O) groups is 2. The Morgan fingerprint density at radius 2 is 2.00 bits per heavy atom. The molecule has 0 aromatic carbocycles. The number of hydrogen-bond donors (Lipinski definition) is 1. The molecule has 0 radical (unpaired) electrons. The Kier molecular flexibility index (Phi) is 4.84. The molecule has 1 saturated heterocycles. The van der Waals surface area contributed by atoms with E-state index in [-0.39, 0.29) is 12.0 Å². The number of rotatable bonds is 4. The highest BCUT2D eigenvalue weighted by molar-refractivity contribution is 5.77. The summed E-state index contributed by atoms with van der Waals surface area (Å²) in [4.78, 5) is 24.6. The zero-order valence-corrected chi connectivity index (χ0v) is 10.8. The average molecular weight is 254 g/mol. The maximum absolute atomic E-state index is 11.8. The molecule has 18 heavy (non-hydrogen) atoms. The van der Waals surface area contributed by atoms with Gasteiger partial charge in [-0.1, -0.05) is 25.7 Å². The van der Waals surface area contributed by atoms with Crippen LogP contribution in [0.2, 0.25) is 0 Å². The molecule has 1 aliphatic heterocycles. The lowest BCUT2D eigenvalue weighted by molar-refractivity contribution is -0.122. The quantitative estimate of drug-likeness (QED) is 0.776. The third-order valence-electron chi connectivity index (χ3n) is 3.67. The highest BCUT2D eigenvalue weighted by atomic mass is 16.6. The van der Waals surface area contributed by atoms with Crippen LogP contribution in [-0.2, 0) is 9.53 Å². The summed E-state index contributed by atoms with van der Waals surface area (Å²) < 4.78 is 4.82. The molecule has 0 atom stereocenters. The molecule has 0 aromatic rings. The lowest BCUT2D eigenvalue weighted by Gasteiger charge is -2.17. The molecule has 2 amide bonds. The van der Waals surface area contributed by atoms with Crippen LogP contribution < -0.4 is 5.32 Å². The van der Waals surface area contributed by atoms with Crippen molar-refractivity contribution in [3.63, 3.8) is 0 Å². The van der Waals surface area contributed by atoms with E-state index in [0.717, 1.165) is 12.8 Å². The van der Waals surface area contributed by atoms with Crippen molar-refractivity contribution < 1.29 is 14.3 Å². The van der Waals surface area contributed by atoms with Crippen molar-refractivity contribution in [3.05, 3.63) is 0 Å². The number of ether oxygens (including phenoxy) is 1. The maximum atomic E-state index is 11.8. The number of hydrogen-bond acceptors (Lipinski definition) is 3. The van der Waals surface area contributed by atoms with Gasteiger partial charge in [-0.2, -0.15) is 0 Å². The summed E-state index contributed by atoms with van der Waals surface area (Å²) in [5.41, 5.74) is 0. The number of nitrogens with zero attached hydrogens (tertiary/aromatic N) is 1. The predicted octanol–water partition coefficient (Wildman–Crippen LogP) is 1.67. The Hall–Kier alpha value is -1.26. The van der Waals surface area contributed by atoms with Crippen molar-refractivity contribution in [1.82, 2.24) is 10.2 Å². The summed E-state index contributed by atoms with van der Waals surface area (Å²) in [6.45, 7) is 1.52. The van der Waals surface area contributed by atoms with Crippen molar-refractivity contribution in [2.45, 2.75) is 51.0 Å². The molecule has 5 nitrogen and oxygen atoms in total. The summed E-state index contributed by atoms with van der Waals surface area (Å²) >= 11 is 0. The van der Waals surface area contributed by atoms with Gasteiger partial charge in [0.15, 0.2) is 0 Å². The SMILES string of the molecule is O=C(CCN1CCOC1=O)NC1CCCCCC1. The Bertz CT molecular complexity index is 299. The number of amides is 2. The zero-order valence-electron chi connectivity index (χ0n) is 10.8. The average Bonchev–Trinajstić information content (AvgIpc) is 2.61. The van der Waals surface area contributed by atoms with Crippen LogP contribution in [0.25, 0.3) is 0 Å². The van der Waals surface area contributed by atoms with E-state index in [2.05, 4.69) is 5.32 Å². The first kappa shape index (κ1) is 13.2. The fraction of sp³-hybridized carbons (Fsp3) is 0.846. The highest BCUT2D eigenvalue weighted by Gasteiger charge is 2.22. The van der Waals surface area contributed by atoms with Crippen LogP contribution in [0.15, 0.2) is 0 Å². The van der Waals surface area contributed by atoms with Crippen LogP contribution in [0.4, 0.5) is 4.79 Å². The van der Waals surface area contributed by atoms with Gasteiger partial charge in [-0.15, -0.1) is 0 Å². The van der Waals surface area contributed by atoms with E-state index in [0.29, 0.717) is 32.2 Å². The van der Waals surface area contributed by atoms with E-state index in [1.54, 1.807) is 4.90 Å².